The molecular weight excluding hydrogens is 346 g/mol. The van der Waals surface area contributed by atoms with Gasteiger partial charge >= 0.3 is 5.97 Å². The number of esters is 1. The van der Waals surface area contributed by atoms with Gasteiger partial charge in [-0.05, 0) is 17.7 Å². The van der Waals surface area contributed by atoms with Crippen LogP contribution in [0.3, 0.4) is 0 Å². The average Bonchev–Trinajstić information content (AvgIpc) is 2.67. The first kappa shape index (κ1) is 21.2. The van der Waals surface area contributed by atoms with E-state index in [9.17, 15) is 9.59 Å². The fraction of sp³-hybridized carbons (Fsp3) is 0.600. The highest BCUT2D eigenvalue weighted by molar-refractivity contribution is 5.81. The minimum absolute atomic E-state index is 0.0508. The number of carbonyl (C=O) groups excluding carboxylic acids is 2. The van der Waals surface area contributed by atoms with Crippen LogP contribution in [0.1, 0.15) is 25.5 Å². The van der Waals surface area contributed by atoms with E-state index in [1.54, 1.807) is 13.8 Å². The highest BCUT2D eigenvalue weighted by atomic mass is 16.5. The molecule has 1 saturated heterocycles. The van der Waals surface area contributed by atoms with E-state index >= 15 is 0 Å². The topological polar surface area (TPSA) is 71.1 Å². The van der Waals surface area contributed by atoms with Crippen molar-refractivity contribution >= 4 is 17.6 Å². The maximum absolute atomic E-state index is 12.1. The Morgan fingerprint density at radius 1 is 1.19 bits per heavy atom. The molecule has 1 aliphatic heterocycles. The molecule has 1 aliphatic rings. The molecule has 0 aromatic heterocycles. The molecule has 27 heavy (non-hydrogen) atoms. The van der Waals surface area contributed by atoms with Crippen molar-refractivity contribution in [1.29, 1.82) is 0 Å². The largest absolute Gasteiger partial charge is 0.455 e. The lowest BCUT2D eigenvalue weighted by molar-refractivity contribution is -0.151. The number of morpholine rings is 1. The summed E-state index contributed by atoms with van der Waals surface area (Å²) in [6.07, 6.45) is 0. The lowest BCUT2D eigenvalue weighted by Gasteiger charge is -2.35. The third-order valence-electron chi connectivity index (χ3n) is 4.59. The maximum Gasteiger partial charge on any atom is 0.308 e. The van der Waals surface area contributed by atoms with Crippen molar-refractivity contribution in [1.82, 2.24) is 10.2 Å². The maximum atomic E-state index is 12.1. The van der Waals surface area contributed by atoms with Crippen molar-refractivity contribution in [3.63, 3.8) is 0 Å². The molecule has 0 bridgehead atoms. The van der Waals surface area contributed by atoms with Crippen LogP contribution in [0, 0.1) is 5.92 Å². The summed E-state index contributed by atoms with van der Waals surface area (Å²) >= 11 is 0. The van der Waals surface area contributed by atoms with Crippen molar-refractivity contribution < 1.29 is 19.1 Å². The Bertz CT molecular complexity index is 610. The van der Waals surface area contributed by atoms with E-state index in [1.807, 2.05) is 14.1 Å². The van der Waals surface area contributed by atoms with Gasteiger partial charge in [0, 0.05) is 39.4 Å². The minimum Gasteiger partial charge on any atom is -0.455 e. The second-order valence-electron chi connectivity index (χ2n) is 7.22. The van der Waals surface area contributed by atoms with Gasteiger partial charge in [-0.3, -0.25) is 14.5 Å². The zero-order valence-electron chi connectivity index (χ0n) is 16.7. The van der Waals surface area contributed by atoms with E-state index in [2.05, 4.69) is 39.4 Å². The third kappa shape index (κ3) is 6.52. The number of anilines is 1. The Morgan fingerprint density at radius 2 is 1.81 bits per heavy atom. The summed E-state index contributed by atoms with van der Waals surface area (Å²) in [6, 6.07) is 8.40. The van der Waals surface area contributed by atoms with Gasteiger partial charge in [-0.15, -0.1) is 0 Å². The normalized spacial score (nSPS) is 16.0. The van der Waals surface area contributed by atoms with Gasteiger partial charge in [0.25, 0.3) is 5.91 Å². The average molecular weight is 377 g/mol. The van der Waals surface area contributed by atoms with Crippen LogP contribution in [0.4, 0.5) is 5.69 Å². The van der Waals surface area contributed by atoms with Gasteiger partial charge in [-0.2, -0.15) is 0 Å². The summed E-state index contributed by atoms with van der Waals surface area (Å²) in [7, 11) is 4.01. The van der Waals surface area contributed by atoms with Crippen LogP contribution in [0.25, 0.3) is 0 Å². The first-order valence-electron chi connectivity index (χ1n) is 9.41. The van der Waals surface area contributed by atoms with Crippen molar-refractivity contribution in [3.8, 4) is 0 Å². The Kier molecular flexibility index (Phi) is 8.06. The summed E-state index contributed by atoms with van der Waals surface area (Å²) in [5, 5.41) is 2.90. The van der Waals surface area contributed by atoms with Crippen molar-refractivity contribution in [2.45, 2.75) is 19.9 Å². The molecule has 1 heterocycles. The van der Waals surface area contributed by atoms with Crippen LogP contribution in [-0.4, -0.2) is 70.3 Å². The smallest absolute Gasteiger partial charge is 0.308 e. The van der Waals surface area contributed by atoms with Crippen molar-refractivity contribution in [2.75, 3.05) is 58.5 Å². The molecule has 2 rings (SSSR count). The molecule has 0 saturated carbocycles. The zero-order chi connectivity index (χ0) is 19.8. The van der Waals surface area contributed by atoms with E-state index in [0.29, 0.717) is 19.8 Å². The molecule has 7 heteroatoms. The van der Waals surface area contributed by atoms with Crippen LogP contribution in [0.5, 0.6) is 0 Å². The second kappa shape index (κ2) is 10.3. The first-order chi connectivity index (χ1) is 12.9. The number of hydrogen-bond acceptors (Lipinski definition) is 6. The predicted molar refractivity (Wildman–Crippen MR) is 105 cm³/mol. The molecule has 1 fully saturated rings. The number of rotatable bonds is 8. The van der Waals surface area contributed by atoms with E-state index in [0.717, 1.165) is 24.3 Å². The Balaban J connectivity index is 2.00. The fourth-order valence-electron chi connectivity index (χ4n) is 2.91. The summed E-state index contributed by atoms with van der Waals surface area (Å²) in [4.78, 5) is 28.0. The minimum atomic E-state index is -0.367. The van der Waals surface area contributed by atoms with Gasteiger partial charge < -0.3 is 19.7 Å². The molecule has 150 valence electrons. The zero-order valence-corrected chi connectivity index (χ0v) is 16.7. The van der Waals surface area contributed by atoms with Crippen LogP contribution in [0.2, 0.25) is 0 Å². The molecular formula is C20H31N3O4. The molecule has 1 N–H and O–H groups in total. The summed E-state index contributed by atoms with van der Waals surface area (Å²) in [5.41, 5.74) is 2.27. The monoisotopic (exact) mass is 377 g/mol. The van der Waals surface area contributed by atoms with Crippen LogP contribution >= 0.6 is 0 Å². The van der Waals surface area contributed by atoms with Crippen LogP contribution in [-0.2, 0) is 19.1 Å². The van der Waals surface area contributed by atoms with E-state index < -0.39 is 0 Å². The Hall–Kier alpha value is -2.12. The van der Waals surface area contributed by atoms with Crippen molar-refractivity contribution in [2.24, 2.45) is 5.92 Å². The fourth-order valence-corrected chi connectivity index (χ4v) is 2.91. The number of carbonyl (C=O) groups is 2. The standard InChI is InChI=1S/C20H31N3O4/c1-15(2)20(25)27-14-19(24)21-13-18(23-9-11-26-12-10-23)16-5-7-17(8-6-16)22(3)4/h5-8,15,18H,9-14H2,1-4H3,(H,21,24). The molecule has 1 aromatic carbocycles. The Morgan fingerprint density at radius 3 is 2.37 bits per heavy atom. The number of benzene rings is 1. The summed E-state index contributed by atoms with van der Waals surface area (Å²) in [6.45, 7) is 6.71. The van der Waals surface area contributed by atoms with Crippen LogP contribution in [0.15, 0.2) is 24.3 Å². The second-order valence-corrected chi connectivity index (χ2v) is 7.22. The van der Waals surface area contributed by atoms with Crippen molar-refractivity contribution in [3.05, 3.63) is 29.8 Å². The molecule has 1 atom stereocenters. The quantitative estimate of drug-likeness (QED) is 0.692. The number of amides is 1. The lowest BCUT2D eigenvalue weighted by Crippen LogP contribution is -2.44. The number of nitrogens with one attached hydrogen (secondary N) is 1. The third-order valence-corrected chi connectivity index (χ3v) is 4.59. The van der Waals surface area contributed by atoms with E-state index in [4.69, 9.17) is 9.47 Å². The van der Waals surface area contributed by atoms with Crippen LogP contribution < -0.4 is 10.2 Å². The molecule has 1 unspecified atom stereocenters. The molecule has 0 spiro atoms. The Labute approximate surface area is 161 Å². The number of hydrogen-bond donors (Lipinski definition) is 1. The summed E-state index contributed by atoms with van der Waals surface area (Å²) in [5.74, 6) is -0.893. The van der Waals surface area contributed by atoms with Gasteiger partial charge in [0.1, 0.15) is 0 Å². The highest BCUT2D eigenvalue weighted by Crippen LogP contribution is 2.23. The van der Waals surface area contributed by atoms with Gasteiger partial charge in [0.2, 0.25) is 0 Å². The van der Waals surface area contributed by atoms with Gasteiger partial charge in [-0.1, -0.05) is 26.0 Å². The molecule has 1 aromatic rings. The lowest BCUT2D eigenvalue weighted by atomic mass is 10.0. The SMILES string of the molecule is CC(C)C(=O)OCC(=O)NCC(c1ccc(N(C)C)cc1)N1CCOCC1. The number of ether oxygens (including phenoxy) is 2. The van der Waals surface area contributed by atoms with E-state index in [-0.39, 0.29) is 30.4 Å². The first-order valence-corrected chi connectivity index (χ1v) is 9.41. The van der Waals surface area contributed by atoms with Gasteiger partial charge in [0.15, 0.2) is 6.61 Å². The molecule has 1 amide bonds. The van der Waals surface area contributed by atoms with Gasteiger partial charge in [-0.25, -0.2) is 0 Å². The van der Waals surface area contributed by atoms with Gasteiger partial charge in [0.05, 0.1) is 25.2 Å². The predicted octanol–water partition coefficient (Wildman–Crippen LogP) is 1.44. The summed E-state index contributed by atoms with van der Waals surface area (Å²) < 4.78 is 10.5. The molecule has 7 nitrogen and oxygen atoms in total. The number of nitrogens with zero attached hydrogens (tertiary/aromatic N) is 2. The molecule has 0 aliphatic carbocycles. The van der Waals surface area contributed by atoms with E-state index in [1.165, 1.54) is 0 Å². The molecule has 0 radical (unpaired) electrons. The highest BCUT2D eigenvalue weighted by Gasteiger charge is 2.23.